The lowest BCUT2D eigenvalue weighted by molar-refractivity contribution is -0.133. The lowest BCUT2D eigenvalue weighted by atomic mass is 9.98. The van der Waals surface area contributed by atoms with Gasteiger partial charge in [0.05, 0.1) is 12.6 Å². The molecular weight excluding hydrogens is 314 g/mol. The lowest BCUT2D eigenvalue weighted by Crippen LogP contribution is -2.44. The summed E-state index contributed by atoms with van der Waals surface area (Å²) in [7, 11) is 1.90. The molecule has 1 aromatic carbocycles. The highest BCUT2D eigenvalue weighted by atomic mass is 16.2. The van der Waals surface area contributed by atoms with Crippen molar-refractivity contribution < 1.29 is 4.79 Å². The van der Waals surface area contributed by atoms with Crippen LogP contribution in [0.5, 0.6) is 0 Å². The molecule has 25 heavy (non-hydrogen) atoms. The smallest absolute Gasteiger partial charge is 0.236 e. The van der Waals surface area contributed by atoms with Crippen molar-refractivity contribution in [2.24, 2.45) is 5.92 Å². The van der Waals surface area contributed by atoms with Crippen molar-refractivity contribution in [2.45, 2.75) is 32.4 Å². The van der Waals surface area contributed by atoms with E-state index in [4.69, 9.17) is 0 Å². The molecule has 0 radical (unpaired) electrons. The molecule has 1 saturated heterocycles. The standard InChI is InChI=1S/C19H27N5O/c1-16(18-8-4-3-5-9-18)22(2)19(25)13-23-10-6-7-17(11-23)12-24-15-20-14-21-24/h3-5,8-9,14-17H,6-7,10-13H2,1-2H3/t16-,17+/m1/s1. The summed E-state index contributed by atoms with van der Waals surface area (Å²) in [6.07, 6.45) is 5.65. The first-order valence-electron chi connectivity index (χ1n) is 8.99. The average Bonchev–Trinajstić information content (AvgIpc) is 3.14. The number of likely N-dealkylation sites (N-methyl/N-ethyl adjacent to an activating group) is 1. The molecular formula is C19H27N5O. The number of aromatic nitrogens is 3. The van der Waals surface area contributed by atoms with Crippen LogP contribution in [0.3, 0.4) is 0 Å². The third-order valence-electron chi connectivity index (χ3n) is 5.13. The molecule has 6 heteroatoms. The maximum absolute atomic E-state index is 12.7. The van der Waals surface area contributed by atoms with Gasteiger partial charge in [0.15, 0.2) is 0 Å². The fraction of sp³-hybridized carbons (Fsp3) is 0.526. The van der Waals surface area contributed by atoms with Crippen molar-refractivity contribution in [2.75, 3.05) is 26.7 Å². The van der Waals surface area contributed by atoms with Gasteiger partial charge in [0.1, 0.15) is 12.7 Å². The van der Waals surface area contributed by atoms with Crippen LogP contribution in [0.1, 0.15) is 31.4 Å². The van der Waals surface area contributed by atoms with Crippen molar-refractivity contribution in [3.8, 4) is 0 Å². The minimum absolute atomic E-state index is 0.0874. The average molecular weight is 341 g/mol. The fourth-order valence-electron chi connectivity index (χ4n) is 3.51. The van der Waals surface area contributed by atoms with Crippen molar-refractivity contribution >= 4 is 5.91 Å². The summed E-state index contributed by atoms with van der Waals surface area (Å²) in [5.41, 5.74) is 1.17. The summed E-state index contributed by atoms with van der Waals surface area (Å²) in [6, 6.07) is 10.3. The molecule has 2 atom stereocenters. The van der Waals surface area contributed by atoms with Gasteiger partial charge in [-0.15, -0.1) is 0 Å². The van der Waals surface area contributed by atoms with Crippen LogP contribution >= 0.6 is 0 Å². The molecule has 0 bridgehead atoms. The van der Waals surface area contributed by atoms with E-state index in [0.29, 0.717) is 12.5 Å². The van der Waals surface area contributed by atoms with Crippen molar-refractivity contribution in [3.05, 3.63) is 48.5 Å². The van der Waals surface area contributed by atoms with E-state index in [9.17, 15) is 4.79 Å². The number of hydrogen-bond acceptors (Lipinski definition) is 4. The number of nitrogens with zero attached hydrogens (tertiary/aromatic N) is 5. The highest BCUT2D eigenvalue weighted by Gasteiger charge is 2.25. The highest BCUT2D eigenvalue weighted by molar-refractivity contribution is 5.78. The van der Waals surface area contributed by atoms with E-state index in [1.165, 1.54) is 12.0 Å². The summed E-state index contributed by atoms with van der Waals surface area (Å²) >= 11 is 0. The Bertz CT molecular complexity index is 658. The Morgan fingerprint density at radius 1 is 1.36 bits per heavy atom. The maximum Gasteiger partial charge on any atom is 0.236 e. The van der Waals surface area contributed by atoms with Crippen LogP contribution in [-0.4, -0.2) is 57.2 Å². The highest BCUT2D eigenvalue weighted by Crippen LogP contribution is 2.21. The SMILES string of the molecule is C[C@H](c1ccccc1)N(C)C(=O)CN1CCC[C@H](Cn2cncn2)C1. The van der Waals surface area contributed by atoms with Gasteiger partial charge in [-0.1, -0.05) is 30.3 Å². The molecule has 2 heterocycles. The molecule has 134 valence electrons. The molecule has 1 aliphatic heterocycles. The van der Waals surface area contributed by atoms with Crippen LogP contribution in [0.15, 0.2) is 43.0 Å². The summed E-state index contributed by atoms with van der Waals surface area (Å²) in [4.78, 5) is 20.8. The Balaban J connectivity index is 1.53. The van der Waals surface area contributed by atoms with Gasteiger partial charge in [0.25, 0.3) is 0 Å². The van der Waals surface area contributed by atoms with E-state index >= 15 is 0 Å². The zero-order valence-corrected chi connectivity index (χ0v) is 15.1. The van der Waals surface area contributed by atoms with Gasteiger partial charge in [-0.25, -0.2) is 4.98 Å². The predicted octanol–water partition coefficient (Wildman–Crippen LogP) is 2.21. The number of rotatable bonds is 6. The largest absolute Gasteiger partial charge is 0.338 e. The van der Waals surface area contributed by atoms with E-state index in [2.05, 4.69) is 34.0 Å². The Hall–Kier alpha value is -2.21. The number of piperidine rings is 1. The van der Waals surface area contributed by atoms with Crippen LogP contribution in [0.4, 0.5) is 0 Å². The number of carbonyl (C=O) groups excluding carboxylic acids is 1. The minimum Gasteiger partial charge on any atom is -0.338 e. The zero-order valence-electron chi connectivity index (χ0n) is 15.1. The number of likely N-dealkylation sites (tertiary alicyclic amines) is 1. The summed E-state index contributed by atoms with van der Waals surface area (Å²) in [5, 5.41) is 4.19. The van der Waals surface area contributed by atoms with Crippen molar-refractivity contribution in [1.29, 1.82) is 0 Å². The fourth-order valence-corrected chi connectivity index (χ4v) is 3.51. The predicted molar refractivity (Wildman–Crippen MR) is 96.8 cm³/mol. The molecule has 1 amide bonds. The number of carbonyl (C=O) groups is 1. The second kappa shape index (κ2) is 8.25. The monoisotopic (exact) mass is 341 g/mol. The van der Waals surface area contributed by atoms with Crippen molar-refractivity contribution in [3.63, 3.8) is 0 Å². The normalized spacial score (nSPS) is 19.5. The lowest BCUT2D eigenvalue weighted by Gasteiger charge is -2.34. The van der Waals surface area contributed by atoms with Gasteiger partial charge in [-0.05, 0) is 37.8 Å². The molecule has 1 aromatic heterocycles. The zero-order chi connectivity index (χ0) is 17.6. The number of benzene rings is 1. The molecule has 0 unspecified atom stereocenters. The van der Waals surface area contributed by atoms with Crippen LogP contribution in [0.25, 0.3) is 0 Å². The Kier molecular flexibility index (Phi) is 5.81. The van der Waals surface area contributed by atoms with Gasteiger partial charge in [-0.3, -0.25) is 14.4 Å². The summed E-state index contributed by atoms with van der Waals surface area (Å²) in [6.45, 7) is 5.38. The van der Waals surface area contributed by atoms with Gasteiger partial charge >= 0.3 is 0 Å². The van der Waals surface area contributed by atoms with Gasteiger partial charge < -0.3 is 4.90 Å². The number of hydrogen-bond donors (Lipinski definition) is 0. The van der Waals surface area contributed by atoms with Crippen LogP contribution in [0, 0.1) is 5.92 Å². The molecule has 2 aromatic rings. The molecule has 0 aliphatic carbocycles. The second-order valence-electron chi connectivity index (χ2n) is 6.95. The number of amides is 1. The first kappa shape index (κ1) is 17.6. The van der Waals surface area contributed by atoms with Crippen LogP contribution in [-0.2, 0) is 11.3 Å². The van der Waals surface area contributed by atoms with E-state index in [1.807, 2.05) is 34.8 Å². The third kappa shape index (κ3) is 4.66. The molecule has 6 nitrogen and oxygen atoms in total. The van der Waals surface area contributed by atoms with Gasteiger partial charge in [0, 0.05) is 20.1 Å². The quantitative estimate of drug-likeness (QED) is 0.808. The molecule has 1 aliphatic rings. The molecule has 1 fully saturated rings. The Morgan fingerprint density at radius 2 is 2.16 bits per heavy atom. The third-order valence-corrected chi connectivity index (χ3v) is 5.13. The summed E-state index contributed by atoms with van der Waals surface area (Å²) < 4.78 is 1.89. The van der Waals surface area contributed by atoms with E-state index in [0.717, 1.165) is 26.1 Å². The first-order valence-corrected chi connectivity index (χ1v) is 8.99. The van der Waals surface area contributed by atoms with Gasteiger partial charge in [0.2, 0.25) is 5.91 Å². The Labute approximate surface area is 149 Å². The topological polar surface area (TPSA) is 54.3 Å². The van der Waals surface area contributed by atoms with E-state index < -0.39 is 0 Å². The van der Waals surface area contributed by atoms with Crippen LogP contribution < -0.4 is 0 Å². The molecule has 0 N–H and O–H groups in total. The molecule has 0 saturated carbocycles. The van der Waals surface area contributed by atoms with Crippen LogP contribution in [0.2, 0.25) is 0 Å². The molecule has 0 spiro atoms. The first-order chi connectivity index (χ1) is 12.1. The minimum atomic E-state index is 0.0874. The van der Waals surface area contributed by atoms with E-state index in [-0.39, 0.29) is 11.9 Å². The van der Waals surface area contributed by atoms with Crippen molar-refractivity contribution in [1.82, 2.24) is 24.6 Å². The second-order valence-corrected chi connectivity index (χ2v) is 6.95. The molecule has 3 rings (SSSR count). The Morgan fingerprint density at radius 3 is 2.88 bits per heavy atom. The summed E-state index contributed by atoms with van der Waals surface area (Å²) in [5.74, 6) is 0.706. The van der Waals surface area contributed by atoms with E-state index in [1.54, 1.807) is 12.7 Å². The van der Waals surface area contributed by atoms with Gasteiger partial charge in [-0.2, -0.15) is 5.10 Å². The maximum atomic E-state index is 12.7.